The molecule has 2 aromatic heterocycles. The zero-order valence-electron chi connectivity index (χ0n) is 13.0. The molecule has 2 rings (SSSR count). The minimum Gasteiger partial charge on any atom is -0.354 e. The quantitative estimate of drug-likeness (QED) is 0.576. The van der Waals surface area contributed by atoms with Crippen LogP contribution in [-0.2, 0) is 13.5 Å². The van der Waals surface area contributed by atoms with Gasteiger partial charge in [-0.05, 0) is 38.6 Å². The Morgan fingerprint density at radius 1 is 1.36 bits per heavy atom. The summed E-state index contributed by atoms with van der Waals surface area (Å²) in [5.74, 6) is 0.492. The van der Waals surface area contributed by atoms with Crippen molar-refractivity contribution in [2.45, 2.75) is 27.2 Å². The molecule has 118 valence electrons. The lowest BCUT2D eigenvalue weighted by atomic mass is 10.1. The summed E-state index contributed by atoms with van der Waals surface area (Å²) in [4.78, 5) is 26.8. The minimum atomic E-state index is -0.232. The summed E-state index contributed by atoms with van der Waals surface area (Å²) < 4.78 is 2.31. The fourth-order valence-electron chi connectivity index (χ4n) is 2.48. The van der Waals surface area contributed by atoms with Crippen LogP contribution < -0.4 is 5.32 Å². The van der Waals surface area contributed by atoms with Crippen molar-refractivity contribution in [2.75, 3.05) is 6.54 Å². The van der Waals surface area contributed by atoms with Crippen LogP contribution in [0.15, 0.2) is 0 Å². The second kappa shape index (κ2) is 6.27. The summed E-state index contributed by atoms with van der Waals surface area (Å²) in [6, 6.07) is 0. The van der Waals surface area contributed by atoms with Gasteiger partial charge in [0, 0.05) is 31.3 Å². The molecule has 2 aromatic rings. The molecule has 0 aliphatic heterocycles. The number of aryl methyl sites for hydroxylation is 1. The third-order valence-electron chi connectivity index (χ3n) is 3.62. The first-order valence-corrected chi connectivity index (χ1v) is 7.32. The summed E-state index contributed by atoms with van der Waals surface area (Å²) in [5, 5.41) is 9.61. The number of carbonyl (C=O) groups is 2. The molecule has 2 heterocycles. The first kappa shape index (κ1) is 16.2. The molecule has 0 aliphatic carbocycles. The van der Waals surface area contributed by atoms with Crippen LogP contribution in [0.3, 0.4) is 0 Å². The maximum absolute atomic E-state index is 12.2. The third kappa shape index (κ3) is 3.01. The predicted octanol–water partition coefficient (Wildman–Crippen LogP) is 1.60. The van der Waals surface area contributed by atoms with Crippen molar-refractivity contribution in [3.05, 3.63) is 33.1 Å². The lowest BCUT2D eigenvalue weighted by Gasteiger charge is -2.05. The average molecular weight is 321 g/mol. The van der Waals surface area contributed by atoms with Crippen LogP contribution in [0.1, 0.15) is 44.9 Å². The summed E-state index contributed by atoms with van der Waals surface area (Å²) >= 11 is 5.03. The molecular weight excluding hydrogens is 302 g/mol. The zero-order valence-corrected chi connectivity index (χ0v) is 13.8. The van der Waals surface area contributed by atoms with Gasteiger partial charge < -0.3 is 14.9 Å². The highest BCUT2D eigenvalue weighted by atomic mass is 32.1. The SMILES string of the molecule is CC(=O)c1c(C)[nH]c(C(=O)NCCc2n[nH]c(=S)n2C)c1C. The van der Waals surface area contributed by atoms with Gasteiger partial charge in [-0.3, -0.25) is 14.7 Å². The van der Waals surface area contributed by atoms with Crippen molar-refractivity contribution < 1.29 is 9.59 Å². The Morgan fingerprint density at radius 2 is 2.05 bits per heavy atom. The van der Waals surface area contributed by atoms with Crippen molar-refractivity contribution in [3.63, 3.8) is 0 Å². The van der Waals surface area contributed by atoms with E-state index in [1.807, 2.05) is 7.05 Å². The number of hydrogen-bond donors (Lipinski definition) is 3. The van der Waals surface area contributed by atoms with E-state index in [4.69, 9.17) is 12.2 Å². The molecule has 0 atom stereocenters. The van der Waals surface area contributed by atoms with Gasteiger partial charge in [-0.25, -0.2) is 0 Å². The Labute approximate surface area is 133 Å². The van der Waals surface area contributed by atoms with E-state index >= 15 is 0 Å². The van der Waals surface area contributed by atoms with Gasteiger partial charge in [0.05, 0.1) is 0 Å². The van der Waals surface area contributed by atoms with Gasteiger partial charge in [-0.2, -0.15) is 5.10 Å². The molecule has 0 saturated heterocycles. The maximum atomic E-state index is 12.2. The highest BCUT2D eigenvalue weighted by molar-refractivity contribution is 7.71. The Hall–Kier alpha value is -2.22. The van der Waals surface area contributed by atoms with Crippen LogP contribution in [0, 0.1) is 18.6 Å². The van der Waals surface area contributed by atoms with E-state index in [0.29, 0.717) is 40.3 Å². The highest BCUT2D eigenvalue weighted by Gasteiger charge is 2.19. The van der Waals surface area contributed by atoms with E-state index in [9.17, 15) is 9.59 Å². The summed E-state index contributed by atoms with van der Waals surface area (Å²) in [5.41, 5.74) is 2.41. The van der Waals surface area contributed by atoms with Gasteiger partial charge in [0.25, 0.3) is 5.91 Å². The van der Waals surface area contributed by atoms with E-state index in [0.717, 1.165) is 5.82 Å². The number of aromatic nitrogens is 4. The second-order valence-corrected chi connectivity index (χ2v) is 5.58. The van der Waals surface area contributed by atoms with Crippen LogP contribution in [0.25, 0.3) is 0 Å². The fourth-order valence-corrected chi connectivity index (χ4v) is 2.64. The molecule has 3 N–H and O–H groups in total. The molecule has 0 bridgehead atoms. The van der Waals surface area contributed by atoms with Crippen molar-refractivity contribution in [1.29, 1.82) is 0 Å². The zero-order chi connectivity index (χ0) is 16.4. The molecule has 1 amide bonds. The van der Waals surface area contributed by atoms with Crippen molar-refractivity contribution in [1.82, 2.24) is 25.1 Å². The highest BCUT2D eigenvalue weighted by Crippen LogP contribution is 2.18. The maximum Gasteiger partial charge on any atom is 0.268 e. The first-order valence-electron chi connectivity index (χ1n) is 6.91. The van der Waals surface area contributed by atoms with Gasteiger partial charge in [0.15, 0.2) is 10.6 Å². The Bertz CT molecular complexity index is 784. The number of ketones is 1. The first-order chi connectivity index (χ1) is 10.3. The molecule has 0 fully saturated rings. The predicted molar refractivity (Wildman–Crippen MR) is 84.7 cm³/mol. The van der Waals surface area contributed by atoms with Gasteiger partial charge in [-0.15, -0.1) is 0 Å². The van der Waals surface area contributed by atoms with Gasteiger partial charge >= 0.3 is 0 Å². The van der Waals surface area contributed by atoms with Crippen molar-refractivity contribution >= 4 is 23.9 Å². The number of amides is 1. The van der Waals surface area contributed by atoms with E-state index < -0.39 is 0 Å². The Kier molecular flexibility index (Phi) is 4.60. The Balaban J connectivity index is 2.04. The molecule has 0 saturated carbocycles. The monoisotopic (exact) mass is 321 g/mol. The standard InChI is InChI=1S/C14H19N5O2S/c1-7-11(9(3)20)8(2)16-12(7)13(21)15-6-5-10-17-18-14(22)19(10)4/h16H,5-6H2,1-4H3,(H,15,21)(H,18,22). The smallest absolute Gasteiger partial charge is 0.268 e. The summed E-state index contributed by atoms with van der Waals surface area (Å²) in [7, 11) is 1.82. The van der Waals surface area contributed by atoms with Crippen molar-refractivity contribution in [2.24, 2.45) is 7.05 Å². The van der Waals surface area contributed by atoms with E-state index in [2.05, 4.69) is 20.5 Å². The van der Waals surface area contributed by atoms with E-state index in [1.165, 1.54) is 6.92 Å². The van der Waals surface area contributed by atoms with Crippen molar-refractivity contribution in [3.8, 4) is 0 Å². The molecule has 0 aromatic carbocycles. The topological polar surface area (TPSA) is 95.6 Å². The number of nitrogens with zero attached hydrogens (tertiary/aromatic N) is 2. The number of aromatic amines is 2. The van der Waals surface area contributed by atoms with Gasteiger partial charge in [-0.1, -0.05) is 0 Å². The van der Waals surface area contributed by atoms with Gasteiger partial charge in [0.1, 0.15) is 11.5 Å². The lowest BCUT2D eigenvalue weighted by Crippen LogP contribution is -2.27. The van der Waals surface area contributed by atoms with Crippen LogP contribution in [0.2, 0.25) is 0 Å². The summed E-state index contributed by atoms with van der Waals surface area (Å²) in [6.45, 7) is 5.48. The van der Waals surface area contributed by atoms with E-state index in [-0.39, 0.29) is 11.7 Å². The molecule has 7 nitrogen and oxygen atoms in total. The second-order valence-electron chi connectivity index (χ2n) is 5.19. The molecule has 8 heteroatoms. The molecule has 0 unspecified atom stereocenters. The minimum absolute atomic E-state index is 0.0492. The molecule has 0 radical (unpaired) electrons. The lowest BCUT2D eigenvalue weighted by molar-refractivity contribution is 0.0948. The van der Waals surface area contributed by atoms with Crippen LogP contribution in [0.5, 0.6) is 0 Å². The normalized spacial score (nSPS) is 10.7. The van der Waals surface area contributed by atoms with Crippen LogP contribution in [-0.4, -0.2) is 38.0 Å². The molecule has 0 aliphatic rings. The Morgan fingerprint density at radius 3 is 2.55 bits per heavy atom. The molecule has 22 heavy (non-hydrogen) atoms. The largest absolute Gasteiger partial charge is 0.354 e. The molecule has 0 spiro atoms. The number of H-pyrrole nitrogens is 2. The number of rotatable bonds is 5. The number of nitrogens with one attached hydrogen (secondary N) is 3. The average Bonchev–Trinajstić information content (AvgIpc) is 2.92. The van der Waals surface area contributed by atoms with Gasteiger partial charge in [0.2, 0.25) is 0 Å². The summed E-state index contributed by atoms with van der Waals surface area (Å²) in [6.07, 6.45) is 0.563. The third-order valence-corrected chi connectivity index (χ3v) is 3.99. The fraction of sp³-hybridized carbons (Fsp3) is 0.429. The van der Waals surface area contributed by atoms with E-state index in [1.54, 1.807) is 18.4 Å². The van der Waals surface area contributed by atoms with Crippen LogP contribution in [0.4, 0.5) is 0 Å². The number of Topliss-reactive ketones (excluding diaryl/α,β-unsaturated/α-hetero) is 1. The number of hydrogen-bond acceptors (Lipinski definition) is 4. The molecular formula is C14H19N5O2S. The number of carbonyl (C=O) groups excluding carboxylic acids is 2. The van der Waals surface area contributed by atoms with Crippen LogP contribution >= 0.6 is 12.2 Å².